The summed E-state index contributed by atoms with van der Waals surface area (Å²) in [5.41, 5.74) is 0.143. The van der Waals surface area contributed by atoms with Crippen LogP contribution in [0.25, 0.3) is 0 Å². The minimum absolute atomic E-state index is 0.0104. The van der Waals surface area contributed by atoms with Crippen molar-refractivity contribution in [3.8, 4) is 0 Å². The number of alkyl halides is 2. The molecule has 0 spiro atoms. The molecule has 1 rings (SSSR count). The van der Waals surface area contributed by atoms with Crippen molar-refractivity contribution in [1.82, 2.24) is 4.98 Å². The SMILES string of the molecule is CCOC(=O)Cc1cc(Br)c(C(F)F)nc1Br. The van der Waals surface area contributed by atoms with Crippen LogP contribution in [0.3, 0.4) is 0 Å². The van der Waals surface area contributed by atoms with Gasteiger partial charge in [0.2, 0.25) is 0 Å². The summed E-state index contributed by atoms with van der Waals surface area (Å²) in [5, 5.41) is 0. The quantitative estimate of drug-likeness (QED) is 0.598. The van der Waals surface area contributed by atoms with Gasteiger partial charge < -0.3 is 4.74 Å². The Morgan fingerprint density at radius 1 is 1.53 bits per heavy atom. The maximum Gasteiger partial charge on any atom is 0.310 e. The van der Waals surface area contributed by atoms with E-state index in [0.717, 1.165) is 0 Å². The molecule has 0 saturated carbocycles. The van der Waals surface area contributed by atoms with Crippen LogP contribution in [0.1, 0.15) is 24.6 Å². The second kappa shape index (κ2) is 6.39. The fraction of sp³-hybridized carbons (Fsp3) is 0.400. The van der Waals surface area contributed by atoms with Gasteiger partial charge in [-0.15, -0.1) is 0 Å². The van der Waals surface area contributed by atoms with Gasteiger partial charge in [0.15, 0.2) is 0 Å². The van der Waals surface area contributed by atoms with Gasteiger partial charge in [0.1, 0.15) is 10.3 Å². The molecule has 7 heteroatoms. The second-order valence-corrected chi connectivity index (χ2v) is 4.69. The molecule has 3 nitrogen and oxygen atoms in total. The number of esters is 1. The summed E-state index contributed by atoms with van der Waals surface area (Å²) in [6, 6.07) is 1.44. The van der Waals surface area contributed by atoms with Gasteiger partial charge in [0.05, 0.1) is 13.0 Å². The molecule has 1 aromatic heterocycles. The average Bonchev–Trinajstić information content (AvgIpc) is 2.22. The molecular formula is C10H9Br2F2NO2. The highest BCUT2D eigenvalue weighted by Crippen LogP contribution is 2.29. The normalized spacial score (nSPS) is 10.7. The predicted molar refractivity (Wildman–Crippen MR) is 64.9 cm³/mol. The Hall–Kier alpha value is -0.560. The molecular weight excluding hydrogens is 364 g/mol. The van der Waals surface area contributed by atoms with Crippen molar-refractivity contribution >= 4 is 37.8 Å². The van der Waals surface area contributed by atoms with Crippen LogP contribution in [-0.2, 0) is 16.0 Å². The number of rotatable bonds is 4. The molecule has 0 saturated heterocycles. The number of ether oxygens (including phenoxy) is 1. The van der Waals surface area contributed by atoms with Crippen molar-refractivity contribution in [2.75, 3.05) is 6.61 Å². The summed E-state index contributed by atoms with van der Waals surface area (Å²) in [4.78, 5) is 15.0. The van der Waals surface area contributed by atoms with Crippen molar-refractivity contribution in [2.24, 2.45) is 0 Å². The third-order valence-electron chi connectivity index (χ3n) is 1.88. The van der Waals surface area contributed by atoms with E-state index in [1.807, 2.05) is 0 Å². The van der Waals surface area contributed by atoms with Crippen LogP contribution in [0.5, 0.6) is 0 Å². The fourth-order valence-electron chi connectivity index (χ4n) is 1.16. The van der Waals surface area contributed by atoms with E-state index in [9.17, 15) is 13.6 Å². The van der Waals surface area contributed by atoms with Crippen molar-refractivity contribution in [1.29, 1.82) is 0 Å². The van der Waals surface area contributed by atoms with Crippen LogP contribution in [0.4, 0.5) is 8.78 Å². The van der Waals surface area contributed by atoms with Crippen LogP contribution in [0.2, 0.25) is 0 Å². The molecule has 0 fully saturated rings. The van der Waals surface area contributed by atoms with Gasteiger partial charge in [-0.1, -0.05) is 0 Å². The monoisotopic (exact) mass is 371 g/mol. The summed E-state index contributed by atoms with van der Waals surface area (Å²) in [7, 11) is 0. The number of hydrogen-bond donors (Lipinski definition) is 0. The smallest absolute Gasteiger partial charge is 0.310 e. The van der Waals surface area contributed by atoms with Gasteiger partial charge in [-0.05, 0) is 50.4 Å². The van der Waals surface area contributed by atoms with E-state index in [4.69, 9.17) is 4.74 Å². The first kappa shape index (κ1) is 14.5. The van der Waals surface area contributed by atoms with Crippen molar-refractivity contribution < 1.29 is 18.3 Å². The number of pyridine rings is 1. The molecule has 17 heavy (non-hydrogen) atoms. The van der Waals surface area contributed by atoms with Gasteiger partial charge in [-0.25, -0.2) is 13.8 Å². The number of aromatic nitrogens is 1. The molecule has 0 atom stereocenters. The van der Waals surface area contributed by atoms with E-state index in [1.165, 1.54) is 6.07 Å². The predicted octanol–water partition coefficient (Wildman–Crippen LogP) is 3.65. The first-order chi connectivity index (χ1) is 7.95. The average molecular weight is 373 g/mol. The highest BCUT2D eigenvalue weighted by molar-refractivity contribution is 9.11. The highest BCUT2D eigenvalue weighted by atomic mass is 79.9. The van der Waals surface area contributed by atoms with Crippen LogP contribution < -0.4 is 0 Å². The zero-order valence-electron chi connectivity index (χ0n) is 8.84. The van der Waals surface area contributed by atoms with Crippen molar-refractivity contribution in [3.05, 3.63) is 26.4 Å². The van der Waals surface area contributed by atoms with Gasteiger partial charge >= 0.3 is 5.97 Å². The molecule has 0 radical (unpaired) electrons. The number of carbonyl (C=O) groups excluding carboxylic acids is 1. The summed E-state index contributed by atoms with van der Waals surface area (Å²) >= 11 is 6.05. The number of nitrogens with zero attached hydrogens (tertiary/aromatic N) is 1. The molecule has 1 heterocycles. The number of hydrogen-bond acceptors (Lipinski definition) is 3. The minimum Gasteiger partial charge on any atom is -0.466 e. The van der Waals surface area contributed by atoms with Crippen LogP contribution >= 0.6 is 31.9 Å². The van der Waals surface area contributed by atoms with Crippen molar-refractivity contribution in [2.45, 2.75) is 19.8 Å². The Morgan fingerprint density at radius 3 is 2.71 bits per heavy atom. The maximum atomic E-state index is 12.5. The molecule has 0 bridgehead atoms. The Morgan fingerprint density at radius 2 is 2.18 bits per heavy atom. The standard InChI is InChI=1S/C10H9Br2F2NO2/c1-2-17-7(16)4-5-3-6(11)8(10(13)14)15-9(5)12/h3,10H,2,4H2,1H3. The molecule has 0 aliphatic carbocycles. The second-order valence-electron chi connectivity index (χ2n) is 3.09. The van der Waals surface area contributed by atoms with Crippen molar-refractivity contribution in [3.63, 3.8) is 0 Å². The molecule has 0 aliphatic heterocycles. The van der Waals surface area contributed by atoms with Crippen LogP contribution in [0, 0.1) is 0 Å². The van der Waals surface area contributed by atoms with Crippen LogP contribution in [0.15, 0.2) is 15.1 Å². The molecule has 0 N–H and O–H groups in total. The summed E-state index contributed by atoms with van der Waals surface area (Å²) in [5.74, 6) is -0.424. The zero-order chi connectivity index (χ0) is 13.0. The first-order valence-corrected chi connectivity index (χ1v) is 6.32. The topological polar surface area (TPSA) is 39.2 Å². The number of carbonyl (C=O) groups is 1. The summed E-state index contributed by atoms with van der Waals surface area (Å²) in [6.45, 7) is 1.97. The molecule has 0 unspecified atom stereocenters. The third kappa shape index (κ3) is 3.99. The Labute approximate surface area is 114 Å². The zero-order valence-corrected chi connectivity index (χ0v) is 12.0. The van der Waals surface area contributed by atoms with Gasteiger partial charge in [0, 0.05) is 4.47 Å². The van der Waals surface area contributed by atoms with E-state index >= 15 is 0 Å². The van der Waals surface area contributed by atoms with E-state index in [1.54, 1.807) is 6.92 Å². The van der Waals surface area contributed by atoms with Crippen LogP contribution in [-0.4, -0.2) is 17.6 Å². The lowest BCUT2D eigenvalue weighted by Crippen LogP contribution is -2.09. The van der Waals surface area contributed by atoms with E-state index in [-0.39, 0.29) is 27.8 Å². The lowest BCUT2D eigenvalue weighted by Gasteiger charge is -2.08. The summed E-state index contributed by atoms with van der Waals surface area (Å²) in [6.07, 6.45) is -2.68. The molecule has 0 aliphatic rings. The minimum atomic E-state index is -2.67. The highest BCUT2D eigenvalue weighted by Gasteiger charge is 2.18. The van der Waals surface area contributed by atoms with E-state index in [0.29, 0.717) is 5.56 Å². The lowest BCUT2D eigenvalue weighted by molar-refractivity contribution is -0.142. The Kier molecular flexibility index (Phi) is 5.45. The lowest BCUT2D eigenvalue weighted by atomic mass is 10.2. The maximum absolute atomic E-state index is 12.5. The van der Waals surface area contributed by atoms with E-state index in [2.05, 4.69) is 36.8 Å². The largest absolute Gasteiger partial charge is 0.466 e. The van der Waals surface area contributed by atoms with Gasteiger partial charge in [0.25, 0.3) is 6.43 Å². The third-order valence-corrected chi connectivity index (χ3v) is 3.20. The molecule has 1 aromatic rings. The Bertz CT molecular complexity index is 427. The molecule has 0 amide bonds. The Balaban J connectivity index is 2.95. The van der Waals surface area contributed by atoms with Gasteiger partial charge in [-0.2, -0.15) is 0 Å². The summed E-state index contributed by atoms with van der Waals surface area (Å²) < 4.78 is 30.2. The van der Waals surface area contributed by atoms with Gasteiger partial charge in [-0.3, -0.25) is 4.79 Å². The molecule has 94 valence electrons. The first-order valence-electron chi connectivity index (χ1n) is 4.74. The van der Waals surface area contributed by atoms with E-state index < -0.39 is 12.4 Å². The fourth-order valence-corrected chi connectivity index (χ4v) is 2.15. The number of halogens is 4. The molecule has 0 aromatic carbocycles.